The first-order chi connectivity index (χ1) is 14.2. The number of aliphatic hydroxyl groups is 2. The Morgan fingerprint density at radius 2 is 1.81 bits per heavy atom. The number of phosphoric acid groups is 2. The van der Waals surface area contributed by atoms with Crippen LogP contribution in [0.15, 0.2) is 12.7 Å². The van der Waals surface area contributed by atoms with Gasteiger partial charge in [-0.25, -0.2) is 19.3 Å². The summed E-state index contributed by atoms with van der Waals surface area (Å²) in [4.78, 5) is 55.9. The number of nitrogens with zero attached hydrogens (tertiary/aromatic N) is 4. The van der Waals surface area contributed by atoms with Crippen LogP contribution >= 0.6 is 22.4 Å². The van der Waals surface area contributed by atoms with Crippen LogP contribution in [-0.4, -0.2) is 54.7 Å². The van der Waals surface area contributed by atoms with Crippen molar-refractivity contribution < 1.29 is 56.8 Å². The lowest BCUT2D eigenvalue weighted by atomic mass is 10.1. The van der Waals surface area contributed by atoms with Crippen molar-refractivity contribution in [2.24, 2.45) is 0 Å². The van der Waals surface area contributed by atoms with Crippen LogP contribution in [0.4, 0.5) is 5.82 Å². The number of phosphoric ester groups is 1. The van der Waals surface area contributed by atoms with Crippen molar-refractivity contribution in [3.05, 3.63) is 12.7 Å². The topological polar surface area (TPSA) is 273 Å². The third-order valence-corrected chi connectivity index (χ3v) is 8.06. The summed E-state index contributed by atoms with van der Waals surface area (Å²) in [5.41, 5.74) is 5.97. The van der Waals surface area contributed by atoms with Gasteiger partial charge in [0.25, 0.3) is 15.6 Å². The predicted molar refractivity (Wildman–Crippen MR) is 93.3 cm³/mol. The molecular formula is C10H12N5O12P3S-4. The zero-order valence-corrected chi connectivity index (χ0v) is 18.3. The van der Waals surface area contributed by atoms with Crippen LogP contribution in [0, 0.1) is 0 Å². The third kappa shape index (κ3) is 5.90. The molecule has 0 spiro atoms. The lowest BCUT2D eigenvalue weighted by Gasteiger charge is -2.40. The van der Waals surface area contributed by atoms with E-state index in [4.69, 9.17) is 10.5 Å². The van der Waals surface area contributed by atoms with Crippen molar-refractivity contribution in [2.75, 3.05) is 12.3 Å². The maximum Gasteiger partial charge on any atom is 0.276 e. The minimum Gasteiger partial charge on any atom is -0.812 e. The minimum absolute atomic E-state index is 0.0343. The maximum absolute atomic E-state index is 11.7. The van der Waals surface area contributed by atoms with Gasteiger partial charge in [-0.15, -0.1) is 11.8 Å². The molecule has 0 bridgehead atoms. The van der Waals surface area contributed by atoms with E-state index in [1.807, 2.05) is 0 Å². The molecule has 1 aliphatic rings. The van der Waals surface area contributed by atoms with E-state index in [1.165, 1.54) is 10.9 Å². The molecule has 1 aliphatic heterocycles. The zero-order valence-electron chi connectivity index (χ0n) is 14.8. The van der Waals surface area contributed by atoms with Gasteiger partial charge < -0.3 is 49.1 Å². The van der Waals surface area contributed by atoms with Crippen molar-refractivity contribution in [3.8, 4) is 0 Å². The smallest absolute Gasteiger partial charge is 0.276 e. The van der Waals surface area contributed by atoms with E-state index in [1.54, 1.807) is 0 Å². The molecular weight excluding hydrogens is 507 g/mol. The van der Waals surface area contributed by atoms with Crippen molar-refractivity contribution in [2.45, 2.75) is 24.5 Å². The van der Waals surface area contributed by atoms with Gasteiger partial charge in [0.2, 0.25) is 0 Å². The molecule has 2 unspecified atom stereocenters. The number of fused-ring (bicyclic) bond motifs is 1. The Morgan fingerprint density at radius 1 is 1.13 bits per heavy atom. The Balaban J connectivity index is 1.69. The lowest BCUT2D eigenvalue weighted by molar-refractivity contribution is -0.320. The lowest BCUT2D eigenvalue weighted by Crippen LogP contribution is -2.34. The minimum atomic E-state index is -5.93. The molecule has 2 aromatic rings. The van der Waals surface area contributed by atoms with Crippen molar-refractivity contribution in [1.29, 1.82) is 0 Å². The van der Waals surface area contributed by atoms with Crippen LogP contribution in [0.25, 0.3) is 11.2 Å². The highest BCUT2D eigenvalue weighted by Gasteiger charge is 2.45. The molecule has 21 heteroatoms. The highest BCUT2D eigenvalue weighted by atomic mass is 32.5. The number of hydrogen-bond acceptors (Lipinski definition) is 17. The van der Waals surface area contributed by atoms with E-state index >= 15 is 0 Å². The number of anilines is 1. The monoisotopic (exact) mass is 519 g/mol. The highest BCUT2D eigenvalue weighted by molar-refractivity contribution is 8.06. The number of rotatable bonds is 8. The first kappa shape index (κ1) is 24.7. The van der Waals surface area contributed by atoms with Gasteiger partial charge in [0, 0.05) is 0 Å². The average Bonchev–Trinajstić information content (AvgIpc) is 3.13. The van der Waals surface area contributed by atoms with Crippen LogP contribution in [0.5, 0.6) is 0 Å². The fourth-order valence-corrected chi connectivity index (χ4v) is 6.20. The standard InChI is InChI=1S/C10H16N5O12P3S/c11-8-5-9(13-2-12-8)15(3-14-5)10-7(17)6(16)4(25-10)1-24-28(18,19)26-29(20,21)27-30(22,23)31/h2-4,6-7,10,16-17H,1H2,(H,18,19)(H,20,21)(H2,11,12,13)(H2,22,23,31)/p-4/t4-,6-,7-,10-/m1/s1. The molecule has 0 aromatic carbocycles. The molecule has 3 heterocycles. The molecule has 0 amide bonds. The van der Waals surface area contributed by atoms with Crippen molar-refractivity contribution in [3.63, 3.8) is 0 Å². The normalized spacial score (nSPS) is 28.5. The molecule has 17 nitrogen and oxygen atoms in total. The number of nitrogens with two attached hydrogens (primary N) is 1. The number of aromatic nitrogens is 4. The van der Waals surface area contributed by atoms with Crippen molar-refractivity contribution >= 4 is 51.2 Å². The van der Waals surface area contributed by atoms with Gasteiger partial charge in [-0.1, -0.05) is 6.72 Å². The van der Waals surface area contributed by atoms with Gasteiger partial charge in [0.05, 0.1) is 12.9 Å². The molecule has 1 fully saturated rings. The van der Waals surface area contributed by atoms with Gasteiger partial charge in [0.15, 0.2) is 17.7 Å². The van der Waals surface area contributed by atoms with E-state index < -0.39 is 53.5 Å². The second kappa shape index (κ2) is 8.78. The largest absolute Gasteiger partial charge is 0.812 e. The van der Waals surface area contributed by atoms with Gasteiger partial charge in [-0.3, -0.25) is 13.7 Å². The second-order valence-electron chi connectivity index (χ2n) is 5.93. The molecule has 3 rings (SSSR count). The van der Waals surface area contributed by atoms with E-state index in [-0.39, 0.29) is 17.0 Å². The Labute approximate surface area is 177 Å². The second-order valence-corrected chi connectivity index (χ2v) is 11.5. The zero-order chi connectivity index (χ0) is 23.2. The number of hydrogen-bond donors (Lipinski definition) is 3. The summed E-state index contributed by atoms with van der Waals surface area (Å²) in [5, 5.41) is 20.4. The van der Waals surface area contributed by atoms with Gasteiger partial charge in [0.1, 0.15) is 30.2 Å². The van der Waals surface area contributed by atoms with E-state index in [2.05, 4.69) is 39.9 Å². The summed E-state index contributed by atoms with van der Waals surface area (Å²) in [6.45, 7) is -6.33. The van der Waals surface area contributed by atoms with Crippen LogP contribution in [-0.2, 0) is 38.8 Å². The Morgan fingerprint density at radius 3 is 2.45 bits per heavy atom. The first-order valence-corrected chi connectivity index (χ1v) is 13.3. The predicted octanol–water partition coefficient (Wildman–Crippen LogP) is -4.04. The van der Waals surface area contributed by atoms with Crippen LogP contribution in [0.3, 0.4) is 0 Å². The quantitative estimate of drug-likeness (QED) is 0.280. The molecule has 31 heavy (non-hydrogen) atoms. The van der Waals surface area contributed by atoms with E-state index in [0.29, 0.717) is 0 Å². The molecule has 4 N–H and O–H groups in total. The van der Waals surface area contributed by atoms with Crippen LogP contribution < -0.4 is 25.3 Å². The SMILES string of the molecule is Nc1ncnc2c1ncn2[C@@H]1O[C@H](COP(=O)([O-])OP(=O)([O-])OP([O-])([O-])=S)[C@@H](O)[C@H]1O. The summed E-state index contributed by atoms with van der Waals surface area (Å²) in [5.74, 6) is 0.0343. The van der Waals surface area contributed by atoms with E-state index in [9.17, 15) is 38.9 Å². The number of imidazole rings is 1. The Bertz CT molecular complexity index is 1110. The molecule has 0 saturated carbocycles. The molecule has 174 valence electrons. The first-order valence-electron chi connectivity index (χ1n) is 7.85. The number of ether oxygens (including phenoxy) is 1. The molecule has 2 aromatic heterocycles. The van der Waals surface area contributed by atoms with Crippen molar-refractivity contribution in [1.82, 2.24) is 19.5 Å². The Kier molecular flexibility index (Phi) is 6.99. The molecule has 0 aliphatic carbocycles. The average molecular weight is 519 g/mol. The molecule has 6 atom stereocenters. The number of nitrogen functional groups attached to an aromatic ring is 1. The van der Waals surface area contributed by atoms with E-state index in [0.717, 1.165) is 6.33 Å². The fourth-order valence-electron chi connectivity index (χ4n) is 2.60. The summed E-state index contributed by atoms with van der Waals surface area (Å²) in [7, 11) is -11.6. The highest BCUT2D eigenvalue weighted by Crippen LogP contribution is 2.60. The Hall–Kier alpha value is -0.940. The van der Waals surface area contributed by atoms with Crippen LogP contribution in [0.1, 0.15) is 6.23 Å². The summed E-state index contributed by atoms with van der Waals surface area (Å²) in [6.07, 6.45) is -3.83. The molecule has 0 radical (unpaired) electrons. The van der Waals surface area contributed by atoms with Gasteiger partial charge in [-0.2, -0.15) is 0 Å². The van der Waals surface area contributed by atoms with Gasteiger partial charge in [-0.05, 0) is 0 Å². The summed E-state index contributed by atoms with van der Waals surface area (Å²) >= 11 is 3.68. The summed E-state index contributed by atoms with van der Waals surface area (Å²) in [6, 6.07) is 0. The van der Waals surface area contributed by atoms with Gasteiger partial charge >= 0.3 is 0 Å². The third-order valence-electron chi connectivity index (χ3n) is 3.80. The number of aliphatic hydroxyl groups excluding tert-OH is 2. The molecule has 1 saturated heterocycles. The van der Waals surface area contributed by atoms with Crippen LogP contribution in [0.2, 0.25) is 0 Å². The fraction of sp³-hybridized carbons (Fsp3) is 0.500. The summed E-state index contributed by atoms with van der Waals surface area (Å²) < 4.78 is 40.7. The maximum atomic E-state index is 11.7.